The minimum Gasteiger partial charge on any atom is -0.316 e. The van der Waals surface area contributed by atoms with Gasteiger partial charge in [-0.15, -0.1) is 11.6 Å². The molecule has 0 spiro atoms. The maximum absolute atomic E-state index is 5.58. The molecule has 0 radical (unpaired) electrons. The van der Waals surface area contributed by atoms with Crippen LogP contribution in [0.2, 0.25) is 0 Å². The lowest BCUT2D eigenvalue weighted by atomic mass is 10.2. The number of unbranched alkanes of at least 4 members (excludes halogenated alkanes) is 3. The summed E-state index contributed by atoms with van der Waals surface area (Å²) in [5, 5.41) is 3.49. The minimum atomic E-state index is 0.829. The van der Waals surface area contributed by atoms with Crippen molar-refractivity contribution in [1.82, 2.24) is 5.32 Å². The molecule has 1 fully saturated rings. The van der Waals surface area contributed by atoms with Crippen LogP contribution in [0.4, 0.5) is 0 Å². The van der Waals surface area contributed by atoms with E-state index in [0.717, 1.165) is 11.8 Å². The summed E-state index contributed by atoms with van der Waals surface area (Å²) in [7, 11) is 0. The topological polar surface area (TPSA) is 12.0 Å². The van der Waals surface area contributed by atoms with Crippen LogP contribution in [-0.2, 0) is 0 Å². The molecule has 0 saturated heterocycles. The standard InChI is InChI=1S/C10H20ClN/c11-7-3-1-2-4-8-12-9-10-5-6-10/h10,12H,1-9H2. The highest BCUT2D eigenvalue weighted by molar-refractivity contribution is 6.17. The Bertz CT molecular complexity index is 102. The third-order valence-electron chi connectivity index (χ3n) is 2.37. The van der Waals surface area contributed by atoms with E-state index in [2.05, 4.69) is 5.32 Å². The number of hydrogen-bond acceptors (Lipinski definition) is 1. The van der Waals surface area contributed by atoms with Gasteiger partial charge in [0.1, 0.15) is 0 Å². The van der Waals surface area contributed by atoms with Gasteiger partial charge in [-0.2, -0.15) is 0 Å². The largest absolute Gasteiger partial charge is 0.316 e. The Hall–Kier alpha value is 0.250. The third kappa shape index (κ3) is 5.84. The molecular weight excluding hydrogens is 170 g/mol. The van der Waals surface area contributed by atoms with Crippen molar-refractivity contribution in [2.24, 2.45) is 5.92 Å². The predicted octanol–water partition coefficient (Wildman–Crippen LogP) is 2.79. The Kier molecular flexibility index (Phi) is 5.80. The first-order valence-electron chi connectivity index (χ1n) is 5.20. The van der Waals surface area contributed by atoms with E-state index in [1.165, 1.54) is 51.6 Å². The summed E-state index contributed by atoms with van der Waals surface area (Å²) in [5.74, 6) is 1.85. The molecule has 0 aliphatic heterocycles. The zero-order valence-electron chi connectivity index (χ0n) is 7.82. The summed E-state index contributed by atoms with van der Waals surface area (Å²) >= 11 is 5.58. The molecule has 0 aromatic heterocycles. The highest BCUT2D eigenvalue weighted by Gasteiger charge is 2.19. The SMILES string of the molecule is ClCCCCCCNCC1CC1. The van der Waals surface area contributed by atoms with Crippen molar-refractivity contribution < 1.29 is 0 Å². The molecular formula is C10H20ClN. The zero-order chi connectivity index (χ0) is 8.65. The summed E-state index contributed by atoms with van der Waals surface area (Å²) in [6.45, 7) is 2.47. The molecule has 0 aromatic rings. The second-order valence-corrected chi connectivity index (χ2v) is 4.13. The number of halogens is 1. The number of hydrogen-bond donors (Lipinski definition) is 1. The second kappa shape index (κ2) is 6.73. The molecule has 1 aliphatic carbocycles. The quantitative estimate of drug-likeness (QED) is 0.458. The summed E-state index contributed by atoms with van der Waals surface area (Å²) in [6, 6.07) is 0. The molecule has 0 unspecified atom stereocenters. The van der Waals surface area contributed by atoms with Crippen LogP contribution in [0.1, 0.15) is 38.5 Å². The summed E-state index contributed by atoms with van der Waals surface area (Å²) in [5.41, 5.74) is 0. The van der Waals surface area contributed by atoms with Crippen molar-refractivity contribution >= 4 is 11.6 Å². The Morgan fingerprint density at radius 2 is 1.83 bits per heavy atom. The Morgan fingerprint density at radius 1 is 1.08 bits per heavy atom. The number of alkyl halides is 1. The molecule has 0 amide bonds. The van der Waals surface area contributed by atoms with Gasteiger partial charge in [-0.25, -0.2) is 0 Å². The van der Waals surface area contributed by atoms with Crippen LogP contribution in [0.3, 0.4) is 0 Å². The maximum atomic E-state index is 5.58. The Balaban J connectivity index is 1.65. The second-order valence-electron chi connectivity index (χ2n) is 3.75. The van der Waals surface area contributed by atoms with Gasteiger partial charge in [-0.1, -0.05) is 12.8 Å². The highest BCUT2D eigenvalue weighted by Crippen LogP contribution is 2.27. The normalized spacial score (nSPS) is 16.8. The molecule has 1 nitrogen and oxygen atoms in total. The van der Waals surface area contributed by atoms with Crippen molar-refractivity contribution in [2.45, 2.75) is 38.5 Å². The minimum absolute atomic E-state index is 0.829. The molecule has 1 saturated carbocycles. The van der Waals surface area contributed by atoms with E-state index in [1.54, 1.807) is 0 Å². The van der Waals surface area contributed by atoms with E-state index in [4.69, 9.17) is 11.6 Å². The van der Waals surface area contributed by atoms with E-state index in [9.17, 15) is 0 Å². The van der Waals surface area contributed by atoms with Gasteiger partial charge in [-0.05, 0) is 44.7 Å². The van der Waals surface area contributed by atoms with Crippen LogP contribution >= 0.6 is 11.6 Å². The smallest absolute Gasteiger partial charge is 0.0223 e. The lowest BCUT2D eigenvalue weighted by Gasteiger charge is -2.02. The van der Waals surface area contributed by atoms with Crippen molar-refractivity contribution in [2.75, 3.05) is 19.0 Å². The van der Waals surface area contributed by atoms with Crippen LogP contribution in [0.15, 0.2) is 0 Å². The van der Waals surface area contributed by atoms with Crippen molar-refractivity contribution in [3.05, 3.63) is 0 Å². The van der Waals surface area contributed by atoms with Gasteiger partial charge >= 0.3 is 0 Å². The lowest BCUT2D eigenvalue weighted by Crippen LogP contribution is -2.17. The lowest BCUT2D eigenvalue weighted by molar-refractivity contribution is 0.579. The summed E-state index contributed by atoms with van der Waals surface area (Å²) < 4.78 is 0. The molecule has 1 N–H and O–H groups in total. The van der Waals surface area contributed by atoms with E-state index in [-0.39, 0.29) is 0 Å². The molecule has 0 aromatic carbocycles. The molecule has 1 aliphatic rings. The number of rotatable bonds is 8. The monoisotopic (exact) mass is 189 g/mol. The fourth-order valence-electron chi connectivity index (χ4n) is 1.33. The van der Waals surface area contributed by atoms with Crippen molar-refractivity contribution in [1.29, 1.82) is 0 Å². The summed E-state index contributed by atoms with van der Waals surface area (Å²) in [6.07, 6.45) is 8.06. The molecule has 0 bridgehead atoms. The van der Waals surface area contributed by atoms with Crippen LogP contribution in [0.5, 0.6) is 0 Å². The third-order valence-corrected chi connectivity index (χ3v) is 2.63. The van der Waals surface area contributed by atoms with Crippen LogP contribution < -0.4 is 5.32 Å². The average molecular weight is 190 g/mol. The average Bonchev–Trinajstić information content (AvgIpc) is 2.87. The van der Waals surface area contributed by atoms with Gasteiger partial charge in [0.05, 0.1) is 0 Å². The molecule has 0 atom stereocenters. The van der Waals surface area contributed by atoms with Gasteiger partial charge in [0, 0.05) is 5.88 Å². The van der Waals surface area contributed by atoms with Gasteiger partial charge in [0.2, 0.25) is 0 Å². The van der Waals surface area contributed by atoms with E-state index >= 15 is 0 Å². The highest BCUT2D eigenvalue weighted by atomic mass is 35.5. The summed E-state index contributed by atoms with van der Waals surface area (Å²) in [4.78, 5) is 0. The first kappa shape index (κ1) is 10.3. The molecule has 2 heteroatoms. The Morgan fingerprint density at radius 3 is 2.50 bits per heavy atom. The van der Waals surface area contributed by atoms with Gasteiger partial charge in [0.15, 0.2) is 0 Å². The van der Waals surface area contributed by atoms with Gasteiger partial charge < -0.3 is 5.32 Å². The zero-order valence-corrected chi connectivity index (χ0v) is 8.58. The van der Waals surface area contributed by atoms with Crippen molar-refractivity contribution in [3.8, 4) is 0 Å². The predicted molar refractivity (Wildman–Crippen MR) is 54.8 cm³/mol. The maximum Gasteiger partial charge on any atom is 0.0223 e. The number of nitrogens with one attached hydrogen (secondary N) is 1. The van der Waals surface area contributed by atoms with E-state index < -0.39 is 0 Å². The fourth-order valence-corrected chi connectivity index (χ4v) is 1.52. The van der Waals surface area contributed by atoms with Crippen molar-refractivity contribution in [3.63, 3.8) is 0 Å². The molecule has 12 heavy (non-hydrogen) atoms. The van der Waals surface area contributed by atoms with Crippen LogP contribution in [0.25, 0.3) is 0 Å². The molecule has 1 rings (SSSR count). The van der Waals surface area contributed by atoms with Gasteiger partial charge in [-0.3, -0.25) is 0 Å². The first-order valence-corrected chi connectivity index (χ1v) is 5.73. The fraction of sp³-hybridized carbons (Fsp3) is 1.00. The van der Waals surface area contributed by atoms with Crippen LogP contribution in [-0.4, -0.2) is 19.0 Å². The molecule has 72 valence electrons. The van der Waals surface area contributed by atoms with E-state index in [0.29, 0.717) is 0 Å². The Labute approximate surface area is 80.9 Å². The van der Waals surface area contributed by atoms with Crippen LogP contribution in [0, 0.1) is 5.92 Å². The first-order chi connectivity index (χ1) is 5.93. The molecule has 0 heterocycles. The van der Waals surface area contributed by atoms with Gasteiger partial charge in [0.25, 0.3) is 0 Å². The van der Waals surface area contributed by atoms with E-state index in [1.807, 2.05) is 0 Å².